The summed E-state index contributed by atoms with van der Waals surface area (Å²) >= 11 is 0. The van der Waals surface area contributed by atoms with Gasteiger partial charge in [0.1, 0.15) is 13.8 Å². The van der Waals surface area contributed by atoms with Gasteiger partial charge in [-0.15, -0.1) is 0 Å². The smallest absolute Gasteiger partial charge is 0.161 e. The van der Waals surface area contributed by atoms with E-state index in [2.05, 4.69) is 72.8 Å². The van der Waals surface area contributed by atoms with Crippen molar-refractivity contribution in [2.24, 2.45) is 0 Å². The van der Waals surface area contributed by atoms with Gasteiger partial charge >= 0.3 is 0 Å². The number of phenols is 1. The SMILES string of the molecule is COc1ccc([Si](C)(C)COc2ccc(C(C)(C)C)c(C(C)(C)C)c2O)cc1. The van der Waals surface area contributed by atoms with E-state index in [1.54, 1.807) is 7.11 Å². The van der Waals surface area contributed by atoms with Gasteiger partial charge < -0.3 is 14.6 Å². The lowest BCUT2D eigenvalue weighted by molar-refractivity contribution is 0.340. The molecule has 0 unspecified atom stereocenters. The van der Waals surface area contributed by atoms with Crippen LogP contribution in [-0.2, 0) is 10.8 Å². The summed E-state index contributed by atoms with van der Waals surface area (Å²) in [5.74, 6) is 1.71. The Balaban J connectivity index is 2.33. The van der Waals surface area contributed by atoms with Gasteiger partial charge in [-0.1, -0.05) is 78.0 Å². The largest absolute Gasteiger partial charge is 0.504 e. The van der Waals surface area contributed by atoms with E-state index in [1.165, 1.54) is 5.19 Å². The summed E-state index contributed by atoms with van der Waals surface area (Å²) in [5.41, 5.74) is 1.92. The molecule has 0 atom stereocenters. The lowest BCUT2D eigenvalue weighted by Crippen LogP contribution is -2.47. The Bertz CT molecular complexity index is 809. The lowest BCUT2D eigenvalue weighted by Gasteiger charge is -2.32. The number of hydrogen-bond acceptors (Lipinski definition) is 3. The highest BCUT2D eigenvalue weighted by Gasteiger charge is 2.31. The van der Waals surface area contributed by atoms with Gasteiger partial charge in [-0.05, 0) is 34.6 Å². The fourth-order valence-corrected chi connectivity index (χ4v) is 5.21. The minimum atomic E-state index is -1.82. The molecule has 2 rings (SSSR count). The number of ether oxygens (including phenoxy) is 2. The van der Waals surface area contributed by atoms with Crippen molar-refractivity contribution in [3.05, 3.63) is 47.5 Å². The number of aromatic hydroxyl groups is 1. The Hall–Kier alpha value is -1.94. The van der Waals surface area contributed by atoms with E-state index in [0.29, 0.717) is 12.0 Å². The van der Waals surface area contributed by atoms with Gasteiger partial charge in [0.25, 0.3) is 0 Å². The normalized spacial score (nSPS) is 12.8. The van der Waals surface area contributed by atoms with E-state index in [1.807, 2.05) is 18.2 Å². The lowest BCUT2D eigenvalue weighted by atomic mass is 9.74. The average Bonchev–Trinajstić information content (AvgIpc) is 2.58. The number of benzene rings is 2. The maximum absolute atomic E-state index is 11.1. The molecule has 3 nitrogen and oxygen atoms in total. The third kappa shape index (κ3) is 4.91. The fraction of sp³-hybridized carbons (Fsp3) is 0.500. The minimum Gasteiger partial charge on any atom is -0.504 e. The molecule has 0 spiro atoms. The molecule has 0 aliphatic carbocycles. The van der Waals surface area contributed by atoms with Crippen molar-refractivity contribution >= 4 is 13.3 Å². The molecule has 0 aliphatic heterocycles. The van der Waals surface area contributed by atoms with Crippen molar-refractivity contribution in [1.29, 1.82) is 0 Å². The van der Waals surface area contributed by atoms with E-state index in [9.17, 15) is 5.11 Å². The summed E-state index contributed by atoms with van der Waals surface area (Å²) in [6.07, 6.45) is 0.603. The van der Waals surface area contributed by atoms with Crippen molar-refractivity contribution < 1.29 is 14.6 Å². The van der Waals surface area contributed by atoms with Crippen LogP contribution in [0.2, 0.25) is 13.1 Å². The molecule has 4 heteroatoms. The van der Waals surface area contributed by atoms with Crippen LogP contribution < -0.4 is 14.7 Å². The molecule has 0 radical (unpaired) electrons. The van der Waals surface area contributed by atoms with Crippen LogP contribution in [0.1, 0.15) is 52.7 Å². The van der Waals surface area contributed by atoms with Crippen LogP contribution >= 0.6 is 0 Å². The molecule has 2 aromatic rings. The molecule has 0 saturated carbocycles. The molecule has 0 aromatic heterocycles. The van der Waals surface area contributed by atoms with Gasteiger partial charge in [-0.25, -0.2) is 0 Å². The molecule has 0 amide bonds. The first-order chi connectivity index (χ1) is 12.8. The second kappa shape index (κ2) is 7.82. The van der Waals surface area contributed by atoms with Gasteiger partial charge in [-0.2, -0.15) is 0 Å². The van der Waals surface area contributed by atoms with Gasteiger partial charge in [0, 0.05) is 5.56 Å². The van der Waals surface area contributed by atoms with Crippen molar-refractivity contribution in [3.8, 4) is 17.2 Å². The van der Waals surface area contributed by atoms with Crippen LogP contribution in [0.15, 0.2) is 36.4 Å². The molecule has 28 heavy (non-hydrogen) atoms. The maximum atomic E-state index is 11.1. The van der Waals surface area contributed by atoms with Crippen molar-refractivity contribution in [1.82, 2.24) is 0 Å². The third-order valence-electron chi connectivity index (χ3n) is 5.16. The maximum Gasteiger partial charge on any atom is 0.161 e. The Morgan fingerprint density at radius 2 is 1.43 bits per heavy atom. The third-order valence-corrected chi connectivity index (χ3v) is 7.92. The molecule has 154 valence electrons. The van der Waals surface area contributed by atoms with E-state index in [4.69, 9.17) is 9.47 Å². The molecular weight excluding hydrogens is 364 g/mol. The number of methoxy groups -OCH3 is 1. The number of hydrogen-bond donors (Lipinski definition) is 1. The quantitative estimate of drug-likeness (QED) is 0.671. The zero-order chi connectivity index (χ0) is 21.3. The highest BCUT2D eigenvalue weighted by molar-refractivity contribution is 6.89. The molecule has 1 N–H and O–H groups in total. The van der Waals surface area contributed by atoms with E-state index >= 15 is 0 Å². The van der Waals surface area contributed by atoms with Crippen LogP contribution in [0, 0.1) is 0 Å². The van der Waals surface area contributed by atoms with Gasteiger partial charge in [0.05, 0.1) is 13.3 Å². The van der Waals surface area contributed by atoms with Crippen LogP contribution in [0.4, 0.5) is 0 Å². The van der Waals surface area contributed by atoms with Crippen LogP contribution in [0.25, 0.3) is 0 Å². The van der Waals surface area contributed by atoms with Crippen molar-refractivity contribution in [2.75, 3.05) is 13.3 Å². The van der Waals surface area contributed by atoms with Crippen LogP contribution in [0.5, 0.6) is 17.2 Å². The zero-order valence-electron chi connectivity index (χ0n) is 18.9. The highest BCUT2D eigenvalue weighted by atomic mass is 28.3. The minimum absolute atomic E-state index is 0.0459. The first-order valence-corrected chi connectivity index (χ1v) is 13.1. The summed E-state index contributed by atoms with van der Waals surface area (Å²) in [7, 11) is -0.145. The van der Waals surface area contributed by atoms with Crippen molar-refractivity contribution in [3.63, 3.8) is 0 Å². The molecule has 2 aromatic carbocycles. The molecule has 0 saturated heterocycles. The first kappa shape index (κ1) is 22.3. The van der Waals surface area contributed by atoms with Gasteiger partial charge in [0.15, 0.2) is 11.5 Å². The topological polar surface area (TPSA) is 38.7 Å². The Morgan fingerprint density at radius 1 is 0.857 bits per heavy atom. The van der Waals surface area contributed by atoms with Crippen molar-refractivity contribution in [2.45, 2.75) is 65.5 Å². The molecule has 0 heterocycles. The van der Waals surface area contributed by atoms with Crippen LogP contribution in [0.3, 0.4) is 0 Å². The number of phenolic OH excluding ortho intramolecular Hbond substituents is 1. The Labute approximate surface area is 171 Å². The predicted octanol–water partition coefficient (Wildman–Crippen LogP) is 5.53. The van der Waals surface area contributed by atoms with E-state index in [-0.39, 0.29) is 16.6 Å². The fourth-order valence-electron chi connectivity index (χ4n) is 3.46. The molecule has 0 bridgehead atoms. The zero-order valence-corrected chi connectivity index (χ0v) is 19.9. The predicted molar refractivity (Wildman–Crippen MR) is 121 cm³/mol. The summed E-state index contributed by atoms with van der Waals surface area (Å²) in [5, 5.41) is 12.4. The monoisotopic (exact) mass is 400 g/mol. The molecule has 0 aliphatic rings. The molecule has 0 fully saturated rings. The summed E-state index contributed by atoms with van der Waals surface area (Å²) in [6.45, 7) is 17.5. The summed E-state index contributed by atoms with van der Waals surface area (Å²) in [6, 6.07) is 12.3. The molecular formula is C24H36O3Si. The van der Waals surface area contributed by atoms with Gasteiger partial charge in [-0.3, -0.25) is 0 Å². The summed E-state index contributed by atoms with van der Waals surface area (Å²) < 4.78 is 11.5. The highest BCUT2D eigenvalue weighted by Crippen LogP contribution is 2.44. The standard InChI is InChI=1S/C24H36O3Si/c1-23(2,3)19-14-15-20(22(25)21(19)24(4,5)6)27-16-28(8,9)18-12-10-17(26-7)11-13-18/h10-15,25H,16H2,1-9H3. The second-order valence-corrected chi connectivity index (χ2v) is 14.9. The Kier molecular flexibility index (Phi) is 6.24. The number of rotatable bonds is 5. The second-order valence-electron chi connectivity index (χ2n) is 10.2. The van der Waals surface area contributed by atoms with E-state index in [0.717, 1.165) is 16.9 Å². The van der Waals surface area contributed by atoms with Gasteiger partial charge in [0.2, 0.25) is 0 Å². The summed E-state index contributed by atoms with van der Waals surface area (Å²) in [4.78, 5) is 0. The Morgan fingerprint density at radius 3 is 1.89 bits per heavy atom. The average molecular weight is 401 g/mol. The van der Waals surface area contributed by atoms with Crippen LogP contribution in [-0.4, -0.2) is 26.5 Å². The van der Waals surface area contributed by atoms with E-state index < -0.39 is 8.07 Å². The first-order valence-electron chi connectivity index (χ1n) is 9.91.